The summed E-state index contributed by atoms with van der Waals surface area (Å²) in [6.45, 7) is 5.80. The summed E-state index contributed by atoms with van der Waals surface area (Å²) in [7, 11) is 2.05. The number of oxazole rings is 1. The molecule has 130 valence electrons. The molecule has 0 unspecified atom stereocenters. The van der Waals surface area contributed by atoms with Gasteiger partial charge in [-0.15, -0.1) is 0 Å². The number of piperazine rings is 1. The molecule has 0 saturated carbocycles. The number of nitrogens with zero attached hydrogens (tertiary/aromatic N) is 5. The lowest BCUT2D eigenvalue weighted by Crippen LogP contribution is -2.45. The predicted molar refractivity (Wildman–Crippen MR) is 95.7 cm³/mol. The lowest BCUT2D eigenvalue weighted by atomic mass is 10.2. The van der Waals surface area contributed by atoms with E-state index in [2.05, 4.69) is 24.3 Å². The van der Waals surface area contributed by atoms with Crippen molar-refractivity contribution in [2.24, 2.45) is 7.05 Å². The van der Waals surface area contributed by atoms with E-state index in [1.54, 1.807) is 0 Å². The molecule has 0 spiro atoms. The van der Waals surface area contributed by atoms with Crippen molar-refractivity contribution < 1.29 is 4.42 Å². The summed E-state index contributed by atoms with van der Waals surface area (Å²) >= 11 is 0. The molecule has 3 aromatic rings. The first-order valence-corrected chi connectivity index (χ1v) is 8.69. The fraction of sp³-hybridized carbons (Fsp3) is 0.368. The Balaban J connectivity index is 1.30. The van der Waals surface area contributed by atoms with E-state index >= 15 is 0 Å². The van der Waals surface area contributed by atoms with E-state index in [0.717, 1.165) is 62.3 Å². The number of aromatic nitrogens is 3. The van der Waals surface area contributed by atoms with Crippen LogP contribution >= 0.6 is 0 Å². The summed E-state index contributed by atoms with van der Waals surface area (Å²) in [5.41, 5.74) is 1.07. The van der Waals surface area contributed by atoms with Crippen molar-refractivity contribution >= 4 is 0 Å². The van der Waals surface area contributed by atoms with Gasteiger partial charge in [0.2, 0.25) is 5.89 Å². The highest BCUT2D eigenvalue weighted by Crippen LogP contribution is 2.20. The first-order chi connectivity index (χ1) is 12.3. The molecule has 3 heterocycles. The second-order valence-corrected chi connectivity index (χ2v) is 6.49. The average molecular weight is 337 g/mol. The predicted octanol–water partition coefficient (Wildman–Crippen LogP) is 2.39. The zero-order chi connectivity index (χ0) is 17.1. The minimum atomic E-state index is 0.767. The van der Waals surface area contributed by atoms with E-state index in [1.807, 2.05) is 56.0 Å². The van der Waals surface area contributed by atoms with Crippen LogP contribution in [0, 0.1) is 0 Å². The Hall–Kier alpha value is -2.44. The minimum Gasteiger partial charge on any atom is -0.439 e. The summed E-state index contributed by atoms with van der Waals surface area (Å²) in [6.07, 6.45) is 5.68. The Morgan fingerprint density at radius 3 is 2.36 bits per heavy atom. The molecule has 25 heavy (non-hydrogen) atoms. The maximum Gasteiger partial charge on any atom is 0.209 e. The van der Waals surface area contributed by atoms with E-state index in [1.165, 1.54) is 0 Å². The summed E-state index contributed by atoms with van der Waals surface area (Å²) < 4.78 is 8.01. The van der Waals surface area contributed by atoms with E-state index in [9.17, 15) is 0 Å². The molecule has 1 aliphatic heterocycles. The highest BCUT2D eigenvalue weighted by Gasteiger charge is 2.19. The Bertz CT molecular complexity index is 802. The number of benzene rings is 1. The maximum absolute atomic E-state index is 5.92. The third-order valence-corrected chi connectivity index (χ3v) is 4.72. The van der Waals surface area contributed by atoms with E-state index in [4.69, 9.17) is 4.42 Å². The van der Waals surface area contributed by atoms with E-state index in [0.29, 0.717) is 0 Å². The molecule has 0 bridgehead atoms. The van der Waals surface area contributed by atoms with Crippen LogP contribution in [0.15, 0.2) is 53.3 Å². The topological polar surface area (TPSA) is 50.3 Å². The molecule has 0 radical (unpaired) electrons. The number of hydrogen-bond donors (Lipinski definition) is 0. The van der Waals surface area contributed by atoms with Gasteiger partial charge < -0.3 is 8.98 Å². The van der Waals surface area contributed by atoms with Gasteiger partial charge in [-0.1, -0.05) is 30.3 Å². The minimum absolute atomic E-state index is 0.767. The third-order valence-electron chi connectivity index (χ3n) is 4.72. The second kappa shape index (κ2) is 7.21. The fourth-order valence-corrected chi connectivity index (χ4v) is 3.16. The second-order valence-electron chi connectivity index (χ2n) is 6.49. The van der Waals surface area contributed by atoms with E-state index < -0.39 is 0 Å². The highest BCUT2D eigenvalue weighted by molar-refractivity contribution is 5.55. The van der Waals surface area contributed by atoms with Gasteiger partial charge >= 0.3 is 0 Å². The van der Waals surface area contributed by atoms with Crippen LogP contribution in [0.4, 0.5) is 0 Å². The van der Waals surface area contributed by atoms with Crippen LogP contribution in [0.2, 0.25) is 0 Å². The van der Waals surface area contributed by atoms with Crippen molar-refractivity contribution in [3.8, 4) is 11.3 Å². The van der Waals surface area contributed by atoms with Crippen molar-refractivity contribution in [2.75, 3.05) is 26.2 Å². The molecule has 0 amide bonds. The first-order valence-electron chi connectivity index (χ1n) is 8.69. The average Bonchev–Trinajstić information content (AvgIpc) is 3.27. The van der Waals surface area contributed by atoms with Gasteiger partial charge in [0.05, 0.1) is 19.3 Å². The van der Waals surface area contributed by atoms with Crippen LogP contribution in [-0.2, 0) is 20.1 Å². The van der Waals surface area contributed by atoms with Crippen LogP contribution in [-0.4, -0.2) is 50.5 Å². The van der Waals surface area contributed by atoms with Crippen molar-refractivity contribution in [1.29, 1.82) is 0 Å². The molecular formula is C19H23N5O. The standard InChI is InChI=1S/C19H23N5O/c1-22-8-7-20-18(22)14-23-9-11-24(12-10-23)15-19-21-13-17(25-19)16-5-3-2-4-6-16/h2-8,13H,9-12,14-15H2,1H3. The molecule has 1 aliphatic rings. The van der Waals surface area contributed by atoms with Crippen LogP contribution in [0.5, 0.6) is 0 Å². The molecule has 6 nitrogen and oxygen atoms in total. The van der Waals surface area contributed by atoms with Gasteiger partial charge in [-0.25, -0.2) is 9.97 Å². The highest BCUT2D eigenvalue weighted by atomic mass is 16.4. The molecule has 6 heteroatoms. The lowest BCUT2D eigenvalue weighted by molar-refractivity contribution is 0.112. The molecule has 0 atom stereocenters. The van der Waals surface area contributed by atoms with Crippen LogP contribution in [0.25, 0.3) is 11.3 Å². The monoisotopic (exact) mass is 337 g/mol. The van der Waals surface area contributed by atoms with E-state index in [-0.39, 0.29) is 0 Å². The quantitative estimate of drug-likeness (QED) is 0.715. The maximum atomic E-state index is 5.92. The molecule has 4 rings (SSSR count). The molecule has 1 fully saturated rings. The Labute approximate surface area is 147 Å². The number of aryl methyl sites for hydroxylation is 1. The summed E-state index contributed by atoms with van der Waals surface area (Å²) in [5, 5.41) is 0. The SMILES string of the molecule is Cn1ccnc1CN1CCN(Cc2ncc(-c3ccccc3)o2)CC1. The van der Waals surface area contributed by atoms with Gasteiger partial charge in [-0.3, -0.25) is 9.80 Å². The van der Waals surface area contributed by atoms with Gasteiger partial charge in [0.1, 0.15) is 5.82 Å². The number of hydrogen-bond acceptors (Lipinski definition) is 5. The Kier molecular flexibility index (Phi) is 4.63. The molecule has 0 N–H and O–H groups in total. The molecule has 1 saturated heterocycles. The van der Waals surface area contributed by atoms with Crippen LogP contribution < -0.4 is 0 Å². The van der Waals surface area contributed by atoms with Gasteiger partial charge in [-0.2, -0.15) is 0 Å². The van der Waals surface area contributed by atoms with Gasteiger partial charge in [-0.05, 0) is 0 Å². The van der Waals surface area contributed by atoms with Gasteiger partial charge in [0.25, 0.3) is 0 Å². The Morgan fingerprint density at radius 1 is 0.960 bits per heavy atom. The molecule has 2 aromatic heterocycles. The summed E-state index contributed by atoms with van der Waals surface area (Å²) in [5.74, 6) is 2.74. The third kappa shape index (κ3) is 3.81. The summed E-state index contributed by atoms with van der Waals surface area (Å²) in [4.78, 5) is 13.7. The van der Waals surface area contributed by atoms with Crippen molar-refractivity contribution in [3.63, 3.8) is 0 Å². The van der Waals surface area contributed by atoms with Gasteiger partial charge in [0.15, 0.2) is 5.76 Å². The van der Waals surface area contributed by atoms with Crippen LogP contribution in [0.3, 0.4) is 0 Å². The zero-order valence-corrected chi connectivity index (χ0v) is 14.5. The molecular weight excluding hydrogens is 314 g/mol. The molecule has 1 aromatic carbocycles. The fourth-order valence-electron chi connectivity index (χ4n) is 3.16. The van der Waals surface area contributed by atoms with Crippen molar-refractivity contribution in [3.05, 3.63) is 60.6 Å². The zero-order valence-electron chi connectivity index (χ0n) is 14.5. The normalized spacial score (nSPS) is 16.4. The lowest BCUT2D eigenvalue weighted by Gasteiger charge is -2.33. The smallest absolute Gasteiger partial charge is 0.209 e. The first kappa shape index (κ1) is 16.1. The van der Waals surface area contributed by atoms with Crippen molar-refractivity contribution in [1.82, 2.24) is 24.3 Å². The Morgan fingerprint density at radius 2 is 1.68 bits per heavy atom. The molecule has 0 aliphatic carbocycles. The van der Waals surface area contributed by atoms with Crippen LogP contribution in [0.1, 0.15) is 11.7 Å². The number of imidazole rings is 1. The largest absolute Gasteiger partial charge is 0.439 e. The van der Waals surface area contributed by atoms with Gasteiger partial charge in [0, 0.05) is 51.2 Å². The van der Waals surface area contributed by atoms with Crippen molar-refractivity contribution in [2.45, 2.75) is 13.1 Å². The summed E-state index contributed by atoms with van der Waals surface area (Å²) in [6, 6.07) is 10.1. The number of rotatable bonds is 5.